The number of nitriles is 1. The van der Waals surface area contributed by atoms with Gasteiger partial charge in [0.1, 0.15) is 11.9 Å². The summed E-state index contributed by atoms with van der Waals surface area (Å²) in [7, 11) is 0. The average molecular weight is 321 g/mol. The van der Waals surface area contributed by atoms with E-state index in [1.807, 2.05) is 11.0 Å². The first-order valence-corrected chi connectivity index (χ1v) is 7.21. The van der Waals surface area contributed by atoms with Crippen molar-refractivity contribution < 1.29 is 13.2 Å². The molecule has 1 unspecified atom stereocenters. The standard InChI is InChI=1S/C15H14F3N5/c16-15(17,18)13-5-7-23(21-13)12-2-1-6-22(10-12)14-4-3-11(8-19)9-20-14/h3-5,7,9,12H,1-2,6,10H2. The topological polar surface area (TPSA) is 57.7 Å². The highest BCUT2D eigenvalue weighted by Gasteiger charge is 2.34. The van der Waals surface area contributed by atoms with Gasteiger partial charge in [0, 0.05) is 25.5 Å². The fourth-order valence-electron chi connectivity index (χ4n) is 2.71. The van der Waals surface area contributed by atoms with E-state index in [-0.39, 0.29) is 6.04 Å². The minimum atomic E-state index is -4.42. The van der Waals surface area contributed by atoms with Gasteiger partial charge in [-0.15, -0.1) is 0 Å². The maximum Gasteiger partial charge on any atom is 0.435 e. The van der Waals surface area contributed by atoms with Gasteiger partial charge in [-0.2, -0.15) is 23.5 Å². The Bertz CT molecular complexity index is 714. The van der Waals surface area contributed by atoms with Gasteiger partial charge in [0.25, 0.3) is 0 Å². The number of hydrogen-bond acceptors (Lipinski definition) is 4. The maximum atomic E-state index is 12.7. The van der Waals surface area contributed by atoms with Crippen LogP contribution in [0.5, 0.6) is 0 Å². The lowest BCUT2D eigenvalue weighted by molar-refractivity contribution is -0.141. The Morgan fingerprint density at radius 2 is 2.09 bits per heavy atom. The molecule has 1 aliphatic rings. The van der Waals surface area contributed by atoms with Crippen LogP contribution in [0.3, 0.4) is 0 Å². The van der Waals surface area contributed by atoms with E-state index < -0.39 is 11.9 Å². The van der Waals surface area contributed by atoms with E-state index in [1.165, 1.54) is 17.1 Å². The van der Waals surface area contributed by atoms with Gasteiger partial charge in [-0.25, -0.2) is 4.98 Å². The third-order valence-electron chi connectivity index (χ3n) is 3.87. The zero-order chi connectivity index (χ0) is 16.4. The Kier molecular flexibility index (Phi) is 3.94. The van der Waals surface area contributed by atoms with Crippen molar-refractivity contribution in [3.63, 3.8) is 0 Å². The van der Waals surface area contributed by atoms with Crippen molar-refractivity contribution in [2.45, 2.75) is 25.1 Å². The molecule has 0 radical (unpaired) electrons. The molecule has 1 atom stereocenters. The van der Waals surface area contributed by atoms with Gasteiger partial charge in [0.05, 0.1) is 11.6 Å². The van der Waals surface area contributed by atoms with Gasteiger partial charge >= 0.3 is 6.18 Å². The highest BCUT2D eigenvalue weighted by Crippen LogP contribution is 2.30. The van der Waals surface area contributed by atoms with E-state index in [4.69, 9.17) is 5.26 Å². The number of aromatic nitrogens is 3. The summed E-state index contributed by atoms with van der Waals surface area (Å²) in [6, 6.07) is 6.32. The first kappa shape index (κ1) is 15.3. The first-order valence-electron chi connectivity index (χ1n) is 7.21. The molecule has 5 nitrogen and oxygen atoms in total. The molecule has 0 saturated carbocycles. The predicted octanol–water partition coefficient (Wildman–Crippen LogP) is 3.01. The number of alkyl halides is 3. The molecule has 1 aliphatic heterocycles. The van der Waals surface area contributed by atoms with Crippen LogP contribution in [0.15, 0.2) is 30.6 Å². The Balaban J connectivity index is 1.75. The highest BCUT2D eigenvalue weighted by atomic mass is 19.4. The molecule has 0 aliphatic carbocycles. The molecule has 2 aromatic rings. The van der Waals surface area contributed by atoms with Crippen LogP contribution in [0.25, 0.3) is 0 Å². The lowest BCUT2D eigenvalue weighted by Crippen LogP contribution is -2.37. The summed E-state index contributed by atoms with van der Waals surface area (Å²) >= 11 is 0. The molecule has 0 amide bonds. The minimum absolute atomic E-state index is 0.128. The summed E-state index contributed by atoms with van der Waals surface area (Å²) in [5.41, 5.74) is -0.393. The van der Waals surface area contributed by atoms with Gasteiger partial charge < -0.3 is 4.90 Å². The number of hydrogen-bond donors (Lipinski definition) is 0. The van der Waals surface area contributed by atoms with Crippen molar-refractivity contribution >= 4 is 5.82 Å². The molecule has 0 N–H and O–H groups in total. The zero-order valence-electron chi connectivity index (χ0n) is 12.2. The van der Waals surface area contributed by atoms with E-state index in [1.54, 1.807) is 12.1 Å². The Morgan fingerprint density at radius 1 is 1.26 bits per heavy atom. The second-order valence-electron chi connectivity index (χ2n) is 5.44. The summed E-state index contributed by atoms with van der Waals surface area (Å²) in [6.45, 7) is 1.32. The Hall–Kier alpha value is -2.56. The van der Waals surface area contributed by atoms with E-state index in [0.29, 0.717) is 12.1 Å². The van der Waals surface area contributed by atoms with Gasteiger partial charge in [-0.05, 0) is 31.0 Å². The normalized spacial score (nSPS) is 18.7. The predicted molar refractivity (Wildman–Crippen MR) is 76.7 cm³/mol. The average Bonchev–Trinajstić information content (AvgIpc) is 3.05. The van der Waals surface area contributed by atoms with E-state index >= 15 is 0 Å². The molecular weight excluding hydrogens is 307 g/mol. The fourth-order valence-corrected chi connectivity index (χ4v) is 2.71. The summed E-state index contributed by atoms with van der Waals surface area (Å²) in [5.74, 6) is 0.719. The van der Waals surface area contributed by atoms with Gasteiger partial charge in [0.15, 0.2) is 5.69 Å². The number of anilines is 1. The maximum absolute atomic E-state index is 12.7. The number of rotatable bonds is 2. The highest BCUT2D eigenvalue weighted by molar-refractivity contribution is 5.42. The number of piperidine rings is 1. The van der Waals surface area contributed by atoms with Crippen LogP contribution in [-0.2, 0) is 6.18 Å². The van der Waals surface area contributed by atoms with E-state index in [9.17, 15) is 13.2 Å². The summed E-state index contributed by atoms with van der Waals surface area (Å²) in [6.07, 6.45) is 0.0609. The number of halogens is 3. The molecule has 8 heteroatoms. The van der Waals surface area contributed by atoms with Crippen molar-refractivity contribution in [1.29, 1.82) is 5.26 Å². The number of pyridine rings is 1. The van der Waals surface area contributed by atoms with Crippen molar-refractivity contribution in [2.75, 3.05) is 18.0 Å². The molecule has 3 heterocycles. The van der Waals surface area contributed by atoms with Crippen LogP contribution >= 0.6 is 0 Å². The lowest BCUT2D eigenvalue weighted by Gasteiger charge is -2.33. The number of nitrogens with zero attached hydrogens (tertiary/aromatic N) is 5. The monoisotopic (exact) mass is 321 g/mol. The largest absolute Gasteiger partial charge is 0.435 e. The SMILES string of the molecule is N#Cc1ccc(N2CCCC(n3ccc(C(F)(F)F)n3)C2)nc1. The summed E-state index contributed by atoms with van der Waals surface area (Å²) in [4.78, 5) is 6.24. The molecule has 2 aromatic heterocycles. The summed E-state index contributed by atoms with van der Waals surface area (Å²) < 4.78 is 39.4. The van der Waals surface area contributed by atoms with Crippen molar-refractivity contribution in [3.05, 3.63) is 41.9 Å². The van der Waals surface area contributed by atoms with Crippen LogP contribution < -0.4 is 4.90 Å². The molecule has 0 aromatic carbocycles. The van der Waals surface area contributed by atoms with Gasteiger partial charge in [-0.1, -0.05) is 0 Å². The third kappa shape index (κ3) is 3.28. The van der Waals surface area contributed by atoms with Crippen LogP contribution in [0, 0.1) is 11.3 Å². The van der Waals surface area contributed by atoms with Gasteiger partial charge in [0.2, 0.25) is 0 Å². The van der Waals surface area contributed by atoms with Crippen LogP contribution in [0.1, 0.15) is 30.1 Å². The molecule has 0 bridgehead atoms. The first-order chi connectivity index (χ1) is 11.0. The van der Waals surface area contributed by atoms with E-state index in [0.717, 1.165) is 31.3 Å². The fraction of sp³-hybridized carbons (Fsp3) is 0.400. The Morgan fingerprint density at radius 3 is 2.70 bits per heavy atom. The molecule has 1 fully saturated rings. The van der Waals surface area contributed by atoms with Crippen molar-refractivity contribution in [2.24, 2.45) is 0 Å². The molecule has 23 heavy (non-hydrogen) atoms. The lowest BCUT2D eigenvalue weighted by atomic mass is 10.1. The zero-order valence-corrected chi connectivity index (χ0v) is 12.2. The molecular formula is C15H14F3N5. The third-order valence-corrected chi connectivity index (χ3v) is 3.87. The molecule has 120 valence electrons. The Labute approximate surface area is 131 Å². The van der Waals surface area contributed by atoms with Gasteiger partial charge in [-0.3, -0.25) is 4.68 Å². The minimum Gasteiger partial charge on any atom is -0.354 e. The molecule has 1 saturated heterocycles. The molecule has 0 spiro atoms. The van der Waals surface area contributed by atoms with Crippen molar-refractivity contribution in [1.82, 2.24) is 14.8 Å². The van der Waals surface area contributed by atoms with E-state index in [2.05, 4.69) is 10.1 Å². The van der Waals surface area contributed by atoms with Crippen LogP contribution in [0.4, 0.5) is 19.0 Å². The smallest absolute Gasteiger partial charge is 0.354 e. The molecule has 3 rings (SSSR count). The van der Waals surface area contributed by atoms with Crippen LogP contribution in [-0.4, -0.2) is 27.9 Å². The second-order valence-corrected chi connectivity index (χ2v) is 5.44. The second kappa shape index (κ2) is 5.91. The quantitative estimate of drug-likeness (QED) is 0.853. The van der Waals surface area contributed by atoms with Crippen LogP contribution in [0.2, 0.25) is 0 Å². The summed E-state index contributed by atoms with van der Waals surface area (Å²) in [5, 5.41) is 12.5. The van der Waals surface area contributed by atoms with Crippen molar-refractivity contribution in [3.8, 4) is 6.07 Å².